The summed E-state index contributed by atoms with van der Waals surface area (Å²) in [7, 11) is 0. The zero-order chi connectivity index (χ0) is 12.5. The van der Waals surface area contributed by atoms with Gasteiger partial charge in [-0.15, -0.1) is 0 Å². The smallest absolute Gasteiger partial charge is 0.138 e. The first kappa shape index (κ1) is 10.4. The van der Waals surface area contributed by atoms with Gasteiger partial charge in [-0.25, -0.2) is 4.98 Å². The van der Waals surface area contributed by atoms with Gasteiger partial charge in [0.25, 0.3) is 0 Å². The van der Waals surface area contributed by atoms with Gasteiger partial charge >= 0.3 is 0 Å². The molecule has 0 saturated heterocycles. The van der Waals surface area contributed by atoms with Crippen molar-refractivity contribution < 1.29 is 0 Å². The maximum atomic E-state index is 8.85. The van der Waals surface area contributed by atoms with E-state index < -0.39 is 0 Å². The molecule has 0 fully saturated rings. The highest BCUT2D eigenvalue weighted by atomic mass is 14.9. The lowest BCUT2D eigenvalue weighted by Crippen LogP contribution is -1.84. The second-order valence-electron chi connectivity index (χ2n) is 4.05. The number of nitrogens with one attached hydrogen (secondary N) is 1. The number of nitrogens with two attached hydrogens (primary N) is 1. The fourth-order valence-corrected chi connectivity index (χ4v) is 1.86. The summed E-state index contributed by atoms with van der Waals surface area (Å²) >= 11 is 0. The molecule has 0 saturated carbocycles. The minimum atomic E-state index is 0.620. The van der Waals surface area contributed by atoms with Crippen LogP contribution in [0.1, 0.15) is 5.56 Å². The third-order valence-electron chi connectivity index (χ3n) is 2.80. The zero-order valence-electron chi connectivity index (χ0n) is 9.51. The number of nitrogen functional groups attached to an aromatic ring is 1. The average Bonchev–Trinajstić information content (AvgIpc) is 2.82. The van der Waals surface area contributed by atoms with Crippen molar-refractivity contribution >= 4 is 16.7 Å². The van der Waals surface area contributed by atoms with Crippen LogP contribution in [-0.4, -0.2) is 9.97 Å². The maximum Gasteiger partial charge on any atom is 0.138 e. The Morgan fingerprint density at radius 1 is 1.11 bits per heavy atom. The molecule has 86 valence electrons. The molecule has 0 atom stereocenters. The number of imidazole rings is 1. The quantitative estimate of drug-likeness (QED) is 0.635. The molecular formula is C14H10N4. The molecule has 0 aliphatic rings. The first-order chi connectivity index (χ1) is 8.76. The van der Waals surface area contributed by atoms with E-state index in [1.165, 1.54) is 0 Å². The molecule has 0 amide bonds. The molecule has 0 unspecified atom stereocenters. The largest absolute Gasteiger partial charge is 0.399 e. The second-order valence-corrected chi connectivity index (χ2v) is 4.05. The van der Waals surface area contributed by atoms with E-state index in [-0.39, 0.29) is 0 Å². The molecule has 3 rings (SSSR count). The number of H-pyrrole nitrogens is 1. The molecule has 4 nitrogen and oxygen atoms in total. The number of nitriles is 1. The summed E-state index contributed by atoms with van der Waals surface area (Å²) in [5, 5.41) is 8.85. The number of aromatic nitrogens is 2. The van der Waals surface area contributed by atoms with E-state index in [4.69, 9.17) is 11.0 Å². The summed E-state index contributed by atoms with van der Waals surface area (Å²) in [6, 6.07) is 15.0. The Labute approximate surface area is 104 Å². The highest BCUT2D eigenvalue weighted by molar-refractivity contribution is 5.80. The van der Waals surface area contributed by atoms with Gasteiger partial charge in [0.05, 0.1) is 22.7 Å². The number of rotatable bonds is 1. The van der Waals surface area contributed by atoms with Crippen LogP contribution in [0, 0.1) is 11.3 Å². The Bertz CT molecular complexity index is 748. The van der Waals surface area contributed by atoms with Crippen molar-refractivity contribution in [2.24, 2.45) is 0 Å². The van der Waals surface area contributed by atoms with Crippen LogP contribution in [0.3, 0.4) is 0 Å². The number of benzene rings is 2. The molecule has 2 aromatic carbocycles. The molecule has 0 aliphatic carbocycles. The van der Waals surface area contributed by atoms with Crippen molar-refractivity contribution in [2.45, 2.75) is 0 Å². The van der Waals surface area contributed by atoms with E-state index in [0.29, 0.717) is 5.56 Å². The molecular weight excluding hydrogens is 224 g/mol. The van der Waals surface area contributed by atoms with Gasteiger partial charge in [0.2, 0.25) is 0 Å². The van der Waals surface area contributed by atoms with Gasteiger partial charge in [0.1, 0.15) is 5.82 Å². The first-order valence-electron chi connectivity index (χ1n) is 5.52. The van der Waals surface area contributed by atoms with Gasteiger partial charge < -0.3 is 10.7 Å². The fraction of sp³-hybridized carbons (Fsp3) is 0. The standard InChI is InChI=1S/C14H10N4/c15-8-9-1-6-12-13(7-9)18-14(17-12)10-2-4-11(16)5-3-10/h1-7H,16H2,(H,17,18). The average molecular weight is 234 g/mol. The lowest BCUT2D eigenvalue weighted by molar-refractivity contribution is 1.34. The molecule has 3 N–H and O–H groups in total. The fourth-order valence-electron chi connectivity index (χ4n) is 1.86. The monoisotopic (exact) mass is 234 g/mol. The minimum Gasteiger partial charge on any atom is -0.399 e. The number of hydrogen-bond donors (Lipinski definition) is 2. The van der Waals surface area contributed by atoms with E-state index in [1.54, 1.807) is 12.1 Å². The van der Waals surface area contributed by atoms with Crippen molar-refractivity contribution in [3.8, 4) is 17.5 Å². The predicted molar refractivity (Wildman–Crippen MR) is 70.7 cm³/mol. The third-order valence-corrected chi connectivity index (χ3v) is 2.80. The van der Waals surface area contributed by atoms with Crippen molar-refractivity contribution in [1.29, 1.82) is 5.26 Å². The van der Waals surface area contributed by atoms with Gasteiger partial charge in [0.15, 0.2) is 0 Å². The summed E-state index contributed by atoms with van der Waals surface area (Å²) in [6.07, 6.45) is 0. The zero-order valence-corrected chi connectivity index (χ0v) is 9.51. The van der Waals surface area contributed by atoms with Gasteiger partial charge in [0, 0.05) is 11.3 Å². The number of fused-ring (bicyclic) bond motifs is 1. The SMILES string of the molecule is N#Cc1ccc2nc(-c3ccc(N)cc3)[nH]c2c1. The summed E-state index contributed by atoms with van der Waals surface area (Å²) in [6.45, 7) is 0. The minimum absolute atomic E-state index is 0.620. The Hall–Kier alpha value is -2.80. The van der Waals surface area contributed by atoms with Crippen LogP contribution in [0.15, 0.2) is 42.5 Å². The van der Waals surface area contributed by atoms with E-state index in [9.17, 15) is 0 Å². The van der Waals surface area contributed by atoms with Gasteiger partial charge in [-0.3, -0.25) is 0 Å². The van der Waals surface area contributed by atoms with Crippen LogP contribution in [0.4, 0.5) is 5.69 Å². The Balaban J connectivity index is 2.13. The Morgan fingerprint density at radius 2 is 1.89 bits per heavy atom. The highest BCUT2D eigenvalue weighted by Gasteiger charge is 2.05. The molecule has 4 heteroatoms. The first-order valence-corrected chi connectivity index (χ1v) is 5.52. The van der Waals surface area contributed by atoms with Crippen LogP contribution in [0.2, 0.25) is 0 Å². The lowest BCUT2D eigenvalue weighted by atomic mass is 10.2. The number of hydrogen-bond acceptors (Lipinski definition) is 3. The van der Waals surface area contributed by atoms with E-state index in [0.717, 1.165) is 28.1 Å². The predicted octanol–water partition coefficient (Wildman–Crippen LogP) is 2.68. The van der Waals surface area contributed by atoms with Crippen LogP contribution in [0.5, 0.6) is 0 Å². The van der Waals surface area contributed by atoms with Crippen LogP contribution in [-0.2, 0) is 0 Å². The molecule has 1 heterocycles. The summed E-state index contributed by atoms with van der Waals surface area (Å²) in [4.78, 5) is 7.69. The number of aromatic amines is 1. The third kappa shape index (κ3) is 1.68. The van der Waals surface area contributed by atoms with Gasteiger partial charge in [-0.1, -0.05) is 0 Å². The molecule has 1 aromatic heterocycles. The van der Waals surface area contributed by atoms with E-state index in [2.05, 4.69) is 16.0 Å². The van der Waals surface area contributed by atoms with Crippen molar-refractivity contribution in [3.63, 3.8) is 0 Å². The molecule has 0 radical (unpaired) electrons. The number of nitrogens with zero attached hydrogens (tertiary/aromatic N) is 2. The Kier molecular flexibility index (Phi) is 2.24. The summed E-state index contributed by atoms with van der Waals surface area (Å²) in [5.74, 6) is 0.778. The maximum absolute atomic E-state index is 8.85. The molecule has 0 bridgehead atoms. The van der Waals surface area contributed by atoms with Crippen LogP contribution >= 0.6 is 0 Å². The van der Waals surface area contributed by atoms with Crippen LogP contribution < -0.4 is 5.73 Å². The van der Waals surface area contributed by atoms with Crippen molar-refractivity contribution in [1.82, 2.24) is 9.97 Å². The number of anilines is 1. The van der Waals surface area contributed by atoms with Crippen molar-refractivity contribution in [3.05, 3.63) is 48.0 Å². The molecule has 0 spiro atoms. The van der Waals surface area contributed by atoms with E-state index in [1.807, 2.05) is 30.3 Å². The summed E-state index contributed by atoms with van der Waals surface area (Å²) < 4.78 is 0. The second kappa shape index (κ2) is 3.90. The Morgan fingerprint density at radius 3 is 2.61 bits per heavy atom. The lowest BCUT2D eigenvalue weighted by Gasteiger charge is -1.96. The molecule has 18 heavy (non-hydrogen) atoms. The molecule has 0 aliphatic heterocycles. The van der Waals surface area contributed by atoms with Gasteiger partial charge in [-0.2, -0.15) is 5.26 Å². The normalized spacial score (nSPS) is 10.4. The summed E-state index contributed by atoms with van der Waals surface area (Å²) in [5.41, 5.74) is 9.68. The molecule has 3 aromatic rings. The van der Waals surface area contributed by atoms with Crippen molar-refractivity contribution in [2.75, 3.05) is 5.73 Å². The van der Waals surface area contributed by atoms with Gasteiger partial charge in [-0.05, 0) is 42.5 Å². The van der Waals surface area contributed by atoms with Crippen LogP contribution in [0.25, 0.3) is 22.4 Å². The van der Waals surface area contributed by atoms with E-state index >= 15 is 0 Å². The topological polar surface area (TPSA) is 78.5 Å². The highest BCUT2D eigenvalue weighted by Crippen LogP contribution is 2.21.